The maximum absolute atomic E-state index is 14.5. The number of halogens is 2. The Balaban J connectivity index is 1.81. The molecule has 3 aromatic carbocycles. The van der Waals surface area contributed by atoms with Crippen LogP contribution >= 0.6 is 11.6 Å². The van der Waals surface area contributed by atoms with Gasteiger partial charge in [0.05, 0.1) is 29.8 Å². The van der Waals surface area contributed by atoms with E-state index in [0.29, 0.717) is 28.2 Å². The number of pyridine rings is 1. The van der Waals surface area contributed by atoms with Gasteiger partial charge in [-0.3, -0.25) is 14.2 Å². The van der Waals surface area contributed by atoms with Crippen LogP contribution in [0.3, 0.4) is 0 Å². The Morgan fingerprint density at radius 3 is 2.36 bits per heavy atom. The number of para-hydroxylation sites is 1. The topological polar surface area (TPSA) is 105 Å². The van der Waals surface area contributed by atoms with Gasteiger partial charge >= 0.3 is 5.97 Å². The molecule has 0 saturated heterocycles. The summed E-state index contributed by atoms with van der Waals surface area (Å²) in [5.41, 5.74) is 3.80. The number of aliphatic carboxylic acids is 1. The van der Waals surface area contributed by atoms with Crippen LogP contribution in [0.15, 0.2) is 77.6 Å². The van der Waals surface area contributed by atoms with Gasteiger partial charge in [0.1, 0.15) is 11.3 Å². The van der Waals surface area contributed by atoms with E-state index in [9.17, 15) is 24.2 Å². The minimum atomic E-state index is -1.18. The average molecular weight is 591 g/mol. The van der Waals surface area contributed by atoms with Crippen LogP contribution in [-0.2, 0) is 11.2 Å². The highest BCUT2D eigenvalue weighted by molar-refractivity contribution is 6.30. The number of aliphatic hydroxyl groups excluding tert-OH is 2. The van der Waals surface area contributed by atoms with Crippen molar-refractivity contribution in [1.29, 1.82) is 0 Å². The fourth-order valence-corrected chi connectivity index (χ4v) is 6.03. The van der Waals surface area contributed by atoms with Gasteiger partial charge in [-0.25, -0.2) is 4.39 Å². The molecule has 0 bridgehead atoms. The third kappa shape index (κ3) is 5.70. The maximum atomic E-state index is 14.5. The lowest BCUT2D eigenvalue weighted by Gasteiger charge is -2.19. The van der Waals surface area contributed by atoms with Gasteiger partial charge < -0.3 is 19.9 Å². The number of fused-ring (bicyclic) bond motifs is 3. The zero-order valence-electron chi connectivity index (χ0n) is 23.3. The minimum Gasteiger partial charge on any atom is -0.481 e. The first-order valence-electron chi connectivity index (χ1n) is 13.9. The van der Waals surface area contributed by atoms with Crippen LogP contribution in [0.5, 0.6) is 0 Å². The van der Waals surface area contributed by atoms with Gasteiger partial charge in [-0.1, -0.05) is 48.0 Å². The molecule has 2 heterocycles. The molecule has 0 saturated carbocycles. The quantitative estimate of drug-likeness (QED) is 0.172. The molecule has 0 aliphatic heterocycles. The standard InChI is InChI=1S/C33H32ClFN2O5/c1-19(2)36-28(15-14-24(38)17-25(39)18-29(40)41)30(20-10-12-22(35)13-11-20)31-26-8-3-4-9-27(26)37(33(42)32(31)36)23-7-5-6-21(34)16-23/h3-13,16,19,24-25,38-39H,14-15,17-18H2,1-2H3,(H,40,41). The molecule has 3 N–H and O–H groups in total. The van der Waals surface area contributed by atoms with Crippen LogP contribution in [0.25, 0.3) is 38.6 Å². The van der Waals surface area contributed by atoms with Gasteiger partial charge in [0.15, 0.2) is 0 Å². The van der Waals surface area contributed by atoms with Crippen molar-refractivity contribution in [2.45, 2.75) is 57.8 Å². The van der Waals surface area contributed by atoms with Crippen LogP contribution < -0.4 is 5.56 Å². The third-order valence-electron chi connectivity index (χ3n) is 7.51. The molecule has 9 heteroatoms. The number of rotatable bonds is 10. The second kappa shape index (κ2) is 12.1. The maximum Gasteiger partial charge on any atom is 0.305 e. The van der Waals surface area contributed by atoms with E-state index in [0.717, 1.165) is 27.6 Å². The molecule has 7 nitrogen and oxygen atoms in total. The molecule has 0 fully saturated rings. The fraction of sp³-hybridized carbons (Fsp3) is 0.273. The molecule has 0 amide bonds. The summed E-state index contributed by atoms with van der Waals surface area (Å²) in [6, 6.07) is 20.7. The van der Waals surface area contributed by atoms with Crippen LogP contribution in [0.1, 0.15) is 44.8 Å². The van der Waals surface area contributed by atoms with Crippen LogP contribution in [0.4, 0.5) is 4.39 Å². The van der Waals surface area contributed by atoms with Crippen molar-refractivity contribution in [1.82, 2.24) is 9.13 Å². The van der Waals surface area contributed by atoms with Crippen molar-refractivity contribution >= 4 is 39.4 Å². The number of aromatic nitrogens is 2. The summed E-state index contributed by atoms with van der Waals surface area (Å²) in [5.74, 6) is -1.53. The summed E-state index contributed by atoms with van der Waals surface area (Å²) in [6.45, 7) is 3.95. The van der Waals surface area contributed by atoms with E-state index in [-0.39, 0.29) is 30.3 Å². The highest BCUT2D eigenvalue weighted by Crippen LogP contribution is 2.41. The van der Waals surface area contributed by atoms with Gasteiger partial charge in [0, 0.05) is 33.1 Å². The summed E-state index contributed by atoms with van der Waals surface area (Å²) in [5, 5.41) is 31.9. The Morgan fingerprint density at radius 1 is 0.976 bits per heavy atom. The molecule has 5 aromatic rings. The number of nitrogens with zero attached hydrogens (tertiary/aromatic N) is 2. The first kappa shape index (κ1) is 29.5. The van der Waals surface area contributed by atoms with E-state index < -0.39 is 24.6 Å². The second-order valence-corrected chi connectivity index (χ2v) is 11.3. The van der Waals surface area contributed by atoms with Crippen LogP contribution in [0.2, 0.25) is 5.02 Å². The first-order valence-corrected chi connectivity index (χ1v) is 14.2. The molecule has 2 aromatic heterocycles. The van der Waals surface area contributed by atoms with Crippen molar-refractivity contribution in [3.05, 3.63) is 99.7 Å². The first-order chi connectivity index (χ1) is 20.1. The molecule has 218 valence electrons. The lowest BCUT2D eigenvalue weighted by molar-refractivity contribution is -0.139. The number of carbonyl (C=O) groups is 1. The molecule has 2 atom stereocenters. The predicted octanol–water partition coefficient (Wildman–Crippen LogP) is 6.51. The molecule has 2 unspecified atom stereocenters. The third-order valence-corrected chi connectivity index (χ3v) is 7.75. The molecular weight excluding hydrogens is 559 g/mol. The van der Waals surface area contributed by atoms with E-state index in [4.69, 9.17) is 16.7 Å². The van der Waals surface area contributed by atoms with Crippen molar-refractivity contribution in [3.63, 3.8) is 0 Å². The van der Waals surface area contributed by atoms with Crippen molar-refractivity contribution in [3.8, 4) is 16.8 Å². The SMILES string of the molecule is CC(C)n1c(CCC(O)CC(O)CC(=O)O)c(-c2ccc(F)cc2)c2c3ccccc3n(-c3cccc(Cl)c3)c(=O)c21. The smallest absolute Gasteiger partial charge is 0.305 e. The summed E-state index contributed by atoms with van der Waals surface area (Å²) in [6.07, 6.45) is -2.17. The summed E-state index contributed by atoms with van der Waals surface area (Å²) >= 11 is 6.33. The lowest BCUT2D eigenvalue weighted by Crippen LogP contribution is -2.23. The molecule has 0 spiro atoms. The second-order valence-electron chi connectivity index (χ2n) is 10.8. The van der Waals surface area contributed by atoms with Crippen molar-refractivity contribution in [2.75, 3.05) is 0 Å². The van der Waals surface area contributed by atoms with E-state index >= 15 is 0 Å². The molecule has 42 heavy (non-hydrogen) atoms. The van der Waals surface area contributed by atoms with Crippen LogP contribution in [-0.4, -0.2) is 42.6 Å². The Labute approximate surface area is 247 Å². The fourth-order valence-electron chi connectivity index (χ4n) is 5.84. The summed E-state index contributed by atoms with van der Waals surface area (Å²) in [4.78, 5) is 25.5. The number of carboxylic acids is 1. The highest BCUT2D eigenvalue weighted by Gasteiger charge is 2.27. The van der Waals surface area contributed by atoms with Gasteiger partial charge in [-0.05, 0) is 75.1 Å². The van der Waals surface area contributed by atoms with Crippen LogP contribution in [0, 0.1) is 5.82 Å². The Kier molecular flexibility index (Phi) is 8.50. The molecular formula is C33H32ClFN2O5. The highest BCUT2D eigenvalue weighted by atomic mass is 35.5. The molecule has 0 aliphatic carbocycles. The monoisotopic (exact) mass is 590 g/mol. The van der Waals surface area contributed by atoms with Gasteiger partial charge in [0.25, 0.3) is 5.56 Å². The summed E-state index contributed by atoms with van der Waals surface area (Å²) in [7, 11) is 0. The van der Waals surface area contributed by atoms with E-state index in [2.05, 4.69) is 0 Å². The zero-order chi connectivity index (χ0) is 30.1. The predicted molar refractivity (Wildman–Crippen MR) is 163 cm³/mol. The van der Waals surface area contributed by atoms with Crippen molar-refractivity contribution < 1.29 is 24.5 Å². The Hall–Kier alpha value is -3.98. The average Bonchev–Trinajstić information content (AvgIpc) is 3.28. The van der Waals surface area contributed by atoms with E-state index in [1.165, 1.54) is 12.1 Å². The van der Waals surface area contributed by atoms with Gasteiger partial charge in [-0.15, -0.1) is 0 Å². The normalized spacial score (nSPS) is 13.2. The van der Waals surface area contributed by atoms with E-state index in [1.54, 1.807) is 34.9 Å². The number of hydrogen-bond acceptors (Lipinski definition) is 4. The number of hydrogen-bond donors (Lipinski definition) is 3. The Bertz CT molecular complexity index is 1830. The molecule has 5 rings (SSSR count). The molecule has 0 aliphatic rings. The lowest BCUT2D eigenvalue weighted by atomic mass is 9.96. The van der Waals surface area contributed by atoms with Crippen molar-refractivity contribution in [2.24, 2.45) is 0 Å². The number of carboxylic acid groups (broad SMARTS) is 1. The van der Waals surface area contributed by atoms with Gasteiger partial charge in [0.2, 0.25) is 0 Å². The largest absolute Gasteiger partial charge is 0.481 e. The zero-order valence-corrected chi connectivity index (χ0v) is 24.1. The van der Waals surface area contributed by atoms with Gasteiger partial charge in [-0.2, -0.15) is 0 Å². The number of benzene rings is 3. The Morgan fingerprint density at radius 2 is 1.69 bits per heavy atom. The number of aliphatic hydroxyl groups is 2. The minimum absolute atomic E-state index is 0.0927. The van der Waals surface area contributed by atoms with E-state index in [1.807, 2.05) is 48.7 Å². The summed E-state index contributed by atoms with van der Waals surface area (Å²) < 4.78 is 17.7. The molecule has 0 radical (unpaired) electrons.